The van der Waals surface area contributed by atoms with Gasteiger partial charge in [0.15, 0.2) is 0 Å². The highest BCUT2D eigenvalue weighted by Gasteiger charge is 2.61. The Hall–Kier alpha value is -1.79. The van der Waals surface area contributed by atoms with Crippen molar-refractivity contribution in [2.45, 2.75) is 84.2 Å². The predicted molar refractivity (Wildman–Crippen MR) is 116 cm³/mol. The SMILES string of the molecule is CCCCCCC1=C2c3ccc(OC)cc3CCC2(C#N)[C@@H]2CCC(O)[C@@]2(C)C1. The number of allylic oxidation sites excluding steroid dienone is 2. The molecular weight excluding hydrogens is 358 g/mol. The van der Waals surface area contributed by atoms with Gasteiger partial charge >= 0.3 is 0 Å². The minimum atomic E-state index is -0.452. The summed E-state index contributed by atoms with van der Waals surface area (Å²) in [6, 6.07) is 9.24. The zero-order valence-corrected chi connectivity index (χ0v) is 18.3. The van der Waals surface area contributed by atoms with Crippen LogP contribution in [0.5, 0.6) is 5.75 Å². The lowest BCUT2D eigenvalue weighted by molar-refractivity contribution is 0.00765. The van der Waals surface area contributed by atoms with Crippen LogP contribution in [0.3, 0.4) is 0 Å². The largest absolute Gasteiger partial charge is 0.497 e. The summed E-state index contributed by atoms with van der Waals surface area (Å²) in [5, 5.41) is 21.5. The lowest BCUT2D eigenvalue weighted by Crippen LogP contribution is -2.48. The number of nitriles is 1. The van der Waals surface area contributed by atoms with Crippen molar-refractivity contribution in [1.29, 1.82) is 5.26 Å². The summed E-state index contributed by atoms with van der Waals surface area (Å²) in [5.41, 5.74) is 4.73. The van der Waals surface area contributed by atoms with E-state index in [1.165, 1.54) is 48.0 Å². The third-order valence-corrected chi connectivity index (χ3v) is 8.18. The first-order chi connectivity index (χ1) is 14.0. The molecule has 4 rings (SSSR count). The molecule has 0 spiro atoms. The lowest BCUT2D eigenvalue weighted by atomic mass is 9.50. The summed E-state index contributed by atoms with van der Waals surface area (Å²) < 4.78 is 5.47. The molecule has 1 N–H and O–H groups in total. The van der Waals surface area contributed by atoms with Crippen molar-refractivity contribution in [3.63, 3.8) is 0 Å². The molecule has 3 nitrogen and oxygen atoms in total. The summed E-state index contributed by atoms with van der Waals surface area (Å²) in [7, 11) is 1.72. The smallest absolute Gasteiger partial charge is 0.119 e. The van der Waals surface area contributed by atoms with Crippen molar-refractivity contribution < 1.29 is 9.84 Å². The maximum Gasteiger partial charge on any atom is 0.119 e. The topological polar surface area (TPSA) is 53.2 Å². The quantitative estimate of drug-likeness (QED) is 0.598. The number of unbranched alkanes of at least 4 members (excludes halogenated alkanes) is 3. The van der Waals surface area contributed by atoms with E-state index < -0.39 is 5.41 Å². The maximum absolute atomic E-state index is 10.9. The molecular formula is C26H35NO2. The molecule has 1 fully saturated rings. The normalized spacial score (nSPS) is 32.9. The van der Waals surface area contributed by atoms with Crippen molar-refractivity contribution >= 4 is 5.57 Å². The Labute approximate surface area is 175 Å². The molecule has 3 aliphatic rings. The molecule has 2 unspecified atom stereocenters. The number of fused-ring (bicyclic) bond motifs is 5. The van der Waals surface area contributed by atoms with Crippen LogP contribution < -0.4 is 4.74 Å². The average Bonchev–Trinajstić information content (AvgIpc) is 3.04. The van der Waals surface area contributed by atoms with Crippen LogP contribution in [0.1, 0.15) is 82.8 Å². The molecule has 0 bridgehead atoms. The molecule has 0 amide bonds. The fourth-order valence-corrected chi connectivity index (χ4v) is 6.68. The first-order valence-electron chi connectivity index (χ1n) is 11.5. The van der Waals surface area contributed by atoms with Gasteiger partial charge in [-0.1, -0.05) is 44.7 Å². The van der Waals surface area contributed by atoms with Crippen LogP contribution in [0.4, 0.5) is 0 Å². The summed E-state index contributed by atoms with van der Waals surface area (Å²) in [6.07, 6.45) is 10.2. The molecule has 0 saturated heterocycles. The van der Waals surface area contributed by atoms with E-state index in [1.54, 1.807) is 7.11 Å². The molecule has 0 radical (unpaired) electrons. The molecule has 1 aromatic rings. The van der Waals surface area contributed by atoms with Gasteiger partial charge < -0.3 is 9.84 Å². The van der Waals surface area contributed by atoms with Crippen LogP contribution in [-0.2, 0) is 6.42 Å². The van der Waals surface area contributed by atoms with Crippen molar-refractivity contribution in [3.8, 4) is 11.8 Å². The van der Waals surface area contributed by atoms with Gasteiger partial charge in [-0.3, -0.25) is 0 Å². The minimum absolute atomic E-state index is 0.163. The van der Waals surface area contributed by atoms with Gasteiger partial charge in [0.2, 0.25) is 0 Å². The molecule has 1 saturated carbocycles. The first kappa shape index (κ1) is 20.5. The Morgan fingerprint density at radius 3 is 2.79 bits per heavy atom. The lowest BCUT2D eigenvalue weighted by Gasteiger charge is -2.52. The van der Waals surface area contributed by atoms with E-state index in [0.29, 0.717) is 0 Å². The fraction of sp³-hybridized carbons (Fsp3) is 0.654. The Bertz CT molecular complexity index is 851. The summed E-state index contributed by atoms with van der Waals surface area (Å²) >= 11 is 0. The van der Waals surface area contributed by atoms with E-state index in [0.717, 1.165) is 44.3 Å². The summed E-state index contributed by atoms with van der Waals surface area (Å²) in [5.74, 6) is 1.15. The van der Waals surface area contributed by atoms with Crippen LogP contribution >= 0.6 is 0 Å². The highest BCUT2D eigenvalue weighted by atomic mass is 16.5. The monoisotopic (exact) mass is 393 g/mol. The number of aliphatic hydroxyl groups is 1. The van der Waals surface area contributed by atoms with Gasteiger partial charge in [-0.15, -0.1) is 0 Å². The van der Waals surface area contributed by atoms with E-state index in [-0.39, 0.29) is 17.4 Å². The molecule has 0 heterocycles. The van der Waals surface area contributed by atoms with Crippen molar-refractivity contribution in [3.05, 3.63) is 34.9 Å². The molecule has 3 heteroatoms. The first-order valence-corrected chi connectivity index (χ1v) is 11.5. The van der Waals surface area contributed by atoms with E-state index in [4.69, 9.17) is 4.74 Å². The number of rotatable bonds is 6. The van der Waals surface area contributed by atoms with Gasteiger partial charge in [0.05, 0.1) is 24.7 Å². The molecule has 4 atom stereocenters. The van der Waals surface area contributed by atoms with Crippen molar-refractivity contribution in [1.82, 2.24) is 0 Å². The number of hydrogen-bond acceptors (Lipinski definition) is 3. The number of methoxy groups -OCH3 is 1. The van der Waals surface area contributed by atoms with Crippen molar-refractivity contribution in [2.75, 3.05) is 7.11 Å². The molecule has 3 aliphatic carbocycles. The average molecular weight is 394 g/mol. The van der Waals surface area contributed by atoms with Gasteiger partial charge in [0.1, 0.15) is 5.75 Å². The highest BCUT2D eigenvalue weighted by Crippen LogP contribution is 2.66. The standard InChI is InChI=1S/C26H35NO2/c1-4-5-6-7-8-19-16-25(2)22(11-12-23(25)28)26(17-27)14-13-18-15-20(29-3)9-10-21(18)24(19)26/h9-10,15,22-23,28H,4-8,11-14,16H2,1-3H3/t22-,23?,25+,26?/m1/s1. The van der Waals surface area contributed by atoms with E-state index >= 15 is 0 Å². The second-order valence-corrected chi connectivity index (χ2v) is 9.72. The number of aliphatic hydroxyl groups excluding tert-OH is 1. The molecule has 0 aromatic heterocycles. The van der Waals surface area contributed by atoms with Gasteiger partial charge in [-0.2, -0.15) is 5.26 Å². The third kappa shape index (κ3) is 3.12. The summed E-state index contributed by atoms with van der Waals surface area (Å²) in [4.78, 5) is 0. The van der Waals surface area contributed by atoms with Crippen molar-refractivity contribution in [2.24, 2.45) is 16.7 Å². The minimum Gasteiger partial charge on any atom is -0.497 e. The predicted octanol–water partition coefficient (Wildman–Crippen LogP) is 6.06. The second kappa shape index (κ2) is 7.80. The van der Waals surface area contributed by atoms with Crippen LogP contribution in [0.25, 0.3) is 5.57 Å². The summed E-state index contributed by atoms with van der Waals surface area (Å²) in [6.45, 7) is 4.50. The van der Waals surface area contributed by atoms with Gasteiger partial charge in [0.25, 0.3) is 0 Å². The number of nitrogens with zero attached hydrogens (tertiary/aromatic N) is 1. The van der Waals surface area contributed by atoms with Crippen LogP contribution in [0.15, 0.2) is 23.8 Å². The van der Waals surface area contributed by atoms with E-state index in [1.807, 2.05) is 6.07 Å². The van der Waals surface area contributed by atoms with Gasteiger partial charge in [0, 0.05) is 5.41 Å². The fourth-order valence-electron chi connectivity index (χ4n) is 6.68. The van der Waals surface area contributed by atoms with E-state index in [2.05, 4.69) is 32.0 Å². The Kier molecular flexibility index (Phi) is 5.51. The zero-order valence-electron chi connectivity index (χ0n) is 18.3. The Balaban J connectivity index is 1.85. The molecule has 1 aromatic carbocycles. The maximum atomic E-state index is 10.9. The molecule has 0 aliphatic heterocycles. The number of aryl methyl sites for hydroxylation is 1. The number of hydrogen-bond donors (Lipinski definition) is 1. The number of benzene rings is 1. The Morgan fingerprint density at radius 1 is 1.24 bits per heavy atom. The van der Waals surface area contributed by atoms with Crippen LogP contribution in [0, 0.1) is 28.1 Å². The second-order valence-electron chi connectivity index (χ2n) is 9.72. The zero-order chi connectivity index (χ0) is 20.6. The third-order valence-electron chi connectivity index (χ3n) is 8.18. The molecule has 29 heavy (non-hydrogen) atoms. The highest BCUT2D eigenvalue weighted by molar-refractivity contribution is 5.81. The number of ether oxygens (including phenoxy) is 1. The van der Waals surface area contributed by atoms with Crippen LogP contribution in [0.2, 0.25) is 0 Å². The van der Waals surface area contributed by atoms with Gasteiger partial charge in [-0.05, 0) is 79.7 Å². The van der Waals surface area contributed by atoms with Crippen LogP contribution in [-0.4, -0.2) is 18.3 Å². The Morgan fingerprint density at radius 2 is 2.07 bits per heavy atom. The van der Waals surface area contributed by atoms with Gasteiger partial charge in [-0.25, -0.2) is 0 Å². The van der Waals surface area contributed by atoms with E-state index in [9.17, 15) is 10.4 Å². The molecule has 156 valence electrons.